The fraction of sp³-hybridized carbons (Fsp3) is 0.647. The first-order valence-corrected chi connectivity index (χ1v) is 8.64. The van der Waals surface area contributed by atoms with Gasteiger partial charge in [0.1, 0.15) is 5.82 Å². The molecule has 0 aromatic carbocycles. The summed E-state index contributed by atoms with van der Waals surface area (Å²) in [5, 5.41) is 6.71. The number of ether oxygens (including phenoxy) is 1. The molecule has 1 fully saturated rings. The van der Waals surface area contributed by atoms with Crippen molar-refractivity contribution < 1.29 is 4.74 Å². The zero-order valence-electron chi connectivity index (χ0n) is 15.1. The maximum absolute atomic E-state index is 5.38. The predicted octanol–water partition coefficient (Wildman–Crippen LogP) is 0.535. The van der Waals surface area contributed by atoms with Gasteiger partial charge in [-0.3, -0.25) is 4.90 Å². The molecule has 0 unspecified atom stereocenters. The van der Waals surface area contributed by atoms with Gasteiger partial charge in [0, 0.05) is 58.6 Å². The summed E-state index contributed by atoms with van der Waals surface area (Å²) >= 11 is 0. The molecule has 0 spiro atoms. The number of nitrogens with zero attached hydrogens (tertiary/aromatic N) is 4. The number of rotatable bonds is 7. The Morgan fingerprint density at radius 1 is 1.33 bits per heavy atom. The van der Waals surface area contributed by atoms with E-state index >= 15 is 0 Å². The maximum Gasteiger partial charge on any atom is 0.191 e. The molecule has 0 saturated carbocycles. The van der Waals surface area contributed by atoms with Gasteiger partial charge >= 0.3 is 0 Å². The van der Waals surface area contributed by atoms with Crippen LogP contribution in [0.2, 0.25) is 0 Å². The van der Waals surface area contributed by atoms with Crippen molar-refractivity contribution in [3.63, 3.8) is 0 Å². The lowest BCUT2D eigenvalue weighted by molar-refractivity contribution is 0.0389. The van der Waals surface area contributed by atoms with Gasteiger partial charge in [-0.25, -0.2) is 9.98 Å². The highest BCUT2D eigenvalue weighted by Gasteiger charge is 2.10. The Hall–Kier alpha value is -1.86. The number of aromatic nitrogens is 1. The van der Waals surface area contributed by atoms with Crippen LogP contribution in [0, 0.1) is 0 Å². The number of aliphatic imine (C=N–C) groups is 1. The lowest BCUT2D eigenvalue weighted by Crippen LogP contribution is -2.44. The summed E-state index contributed by atoms with van der Waals surface area (Å²) in [7, 11) is 4.00. The number of nitrogens with one attached hydrogen (secondary N) is 2. The zero-order chi connectivity index (χ0) is 17.2. The third-order valence-corrected chi connectivity index (χ3v) is 3.87. The molecule has 1 aromatic heterocycles. The van der Waals surface area contributed by atoms with Crippen molar-refractivity contribution in [2.24, 2.45) is 4.99 Å². The minimum absolute atomic E-state index is 0.605. The van der Waals surface area contributed by atoms with Gasteiger partial charge in [-0.1, -0.05) is 6.07 Å². The molecule has 134 valence electrons. The number of anilines is 1. The van der Waals surface area contributed by atoms with Crippen molar-refractivity contribution in [3.05, 3.63) is 23.9 Å². The molecule has 7 heteroatoms. The second-order valence-electron chi connectivity index (χ2n) is 5.96. The Bertz CT molecular complexity index is 514. The van der Waals surface area contributed by atoms with Crippen LogP contribution < -0.4 is 15.5 Å². The highest BCUT2D eigenvalue weighted by molar-refractivity contribution is 5.79. The normalized spacial score (nSPS) is 16.0. The van der Waals surface area contributed by atoms with E-state index in [2.05, 4.69) is 33.5 Å². The Kier molecular flexibility index (Phi) is 7.77. The summed E-state index contributed by atoms with van der Waals surface area (Å²) in [5.41, 5.74) is 1.12. The highest BCUT2D eigenvalue weighted by Crippen LogP contribution is 2.15. The summed E-state index contributed by atoms with van der Waals surface area (Å²) in [6, 6.07) is 4.03. The molecule has 0 atom stereocenters. The molecule has 1 saturated heterocycles. The Morgan fingerprint density at radius 3 is 2.83 bits per heavy atom. The summed E-state index contributed by atoms with van der Waals surface area (Å²) in [6.45, 7) is 9.10. The van der Waals surface area contributed by atoms with E-state index in [9.17, 15) is 0 Å². The van der Waals surface area contributed by atoms with E-state index < -0.39 is 0 Å². The van der Waals surface area contributed by atoms with Gasteiger partial charge in [-0.05, 0) is 13.0 Å². The fourth-order valence-electron chi connectivity index (χ4n) is 2.62. The number of guanidine groups is 1. The van der Waals surface area contributed by atoms with Crippen LogP contribution in [0.3, 0.4) is 0 Å². The SMILES string of the molecule is CCNC(=NCc1cccnc1N(C)C)NCCN1CCOCC1. The number of pyridine rings is 1. The first-order chi connectivity index (χ1) is 11.7. The van der Waals surface area contributed by atoms with Gasteiger partial charge in [-0.2, -0.15) is 0 Å². The maximum atomic E-state index is 5.38. The van der Waals surface area contributed by atoms with Crippen LogP contribution in [0.4, 0.5) is 5.82 Å². The van der Waals surface area contributed by atoms with Crippen LogP contribution in [0.5, 0.6) is 0 Å². The van der Waals surface area contributed by atoms with Crippen LogP contribution in [0.25, 0.3) is 0 Å². The van der Waals surface area contributed by atoms with Gasteiger partial charge in [0.2, 0.25) is 0 Å². The second-order valence-corrected chi connectivity index (χ2v) is 5.96. The minimum atomic E-state index is 0.605. The molecule has 2 N–H and O–H groups in total. The molecule has 0 aliphatic carbocycles. The summed E-state index contributed by atoms with van der Waals surface area (Å²) < 4.78 is 5.38. The smallest absolute Gasteiger partial charge is 0.191 e. The topological polar surface area (TPSA) is 65.0 Å². The van der Waals surface area contributed by atoms with Crippen molar-refractivity contribution in [3.8, 4) is 0 Å². The molecule has 24 heavy (non-hydrogen) atoms. The van der Waals surface area contributed by atoms with Crippen LogP contribution in [-0.4, -0.2) is 75.9 Å². The molecule has 2 rings (SSSR count). The van der Waals surface area contributed by atoms with E-state index in [4.69, 9.17) is 9.73 Å². The first-order valence-electron chi connectivity index (χ1n) is 8.64. The minimum Gasteiger partial charge on any atom is -0.379 e. The van der Waals surface area contributed by atoms with Crippen LogP contribution in [0.1, 0.15) is 12.5 Å². The quantitative estimate of drug-likeness (QED) is 0.560. The standard InChI is InChI=1S/C17H30N6O/c1-4-18-17(20-8-9-23-10-12-24-13-11-23)21-14-15-6-5-7-19-16(15)22(2)3/h5-7H,4,8-14H2,1-3H3,(H2,18,20,21). The third kappa shape index (κ3) is 5.98. The molecule has 1 aromatic rings. The molecule has 1 aliphatic heterocycles. The molecule has 7 nitrogen and oxygen atoms in total. The van der Waals surface area contributed by atoms with Crippen molar-refractivity contribution in [2.75, 3.05) is 64.9 Å². The molecular formula is C17H30N6O. The fourth-order valence-corrected chi connectivity index (χ4v) is 2.62. The van der Waals surface area contributed by atoms with Crippen molar-refractivity contribution in [2.45, 2.75) is 13.5 Å². The monoisotopic (exact) mass is 334 g/mol. The average molecular weight is 334 g/mol. The van der Waals surface area contributed by atoms with E-state index in [0.29, 0.717) is 6.54 Å². The van der Waals surface area contributed by atoms with E-state index in [0.717, 1.165) is 63.3 Å². The van der Waals surface area contributed by atoms with Crippen LogP contribution in [0.15, 0.2) is 23.3 Å². The molecule has 2 heterocycles. The molecular weight excluding hydrogens is 304 g/mol. The summed E-state index contributed by atoms with van der Waals surface area (Å²) in [5.74, 6) is 1.81. The second kappa shape index (κ2) is 10.1. The van der Waals surface area contributed by atoms with Gasteiger partial charge in [0.15, 0.2) is 5.96 Å². The Morgan fingerprint density at radius 2 is 2.12 bits per heavy atom. The van der Waals surface area contributed by atoms with Crippen LogP contribution >= 0.6 is 0 Å². The lowest BCUT2D eigenvalue weighted by Gasteiger charge is -2.26. The largest absolute Gasteiger partial charge is 0.379 e. The van der Waals surface area contributed by atoms with E-state index in [-0.39, 0.29) is 0 Å². The molecule has 0 radical (unpaired) electrons. The summed E-state index contributed by atoms with van der Waals surface area (Å²) in [4.78, 5) is 13.5. The Labute approximate surface area is 145 Å². The van der Waals surface area contributed by atoms with E-state index in [1.54, 1.807) is 0 Å². The molecule has 1 aliphatic rings. The van der Waals surface area contributed by atoms with Crippen molar-refractivity contribution >= 4 is 11.8 Å². The average Bonchev–Trinajstić information content (AvgIpc) is 2.60. The van der Waals surface area contributed by atoms with Gasteiger partial charge in [-0.15, -0.1) is 0 Å². The number of hydrogen-bond donors (Lipinski definition) is 2. The molecule has 0 amide bonds. The zero-order valence-corrected chi connectivity index (χ0v) is 15.1. The highest BCUT2D eigenvalue weighted by atomic mass is 16.5. The molecule has 0 bridgehead atoms. The van der Waals surface area contributed by atoms with Crippen molar-refractivity contribution in [1.82, 2.24) is 20.5 Å². The van der Waals surface area contributed by atoms with Gasteiger partial charge < -0.3 is 20.3 Å². The van der Waals surface area contributed by atoms with E-state index in [1.165, 1.54) is 0 Å². The number of hydrogen-bond acceptors (Lipinski definition) is 5. The summed E-state index contributed by atoms with van der Waals surface area (Å²) in [6.07, 6.45) is 1.81. The van der Waals surface area contributed by atoms with Gasteiger partial charge in [0.05, 0.1) is 19.8 Å². The first kappa shape index (κ1) is 18.5. The lowest BCUT2D eigenvalue weighted by atomic mass is 10.2. The van der Waals surface area contributed by atoms with E-state index in [1.807, 2.05) is 31.3 Å². The Balaban J connectivity index is 1.88. The van der Waals surface area contributed by atoms with Crippen LogP contribution in [-0.2, 0) is 11.3 Å². The third-order valence-electron chi connectivity index (χ3n) is 3.87. The van der Waals surface area contributed by atoms with Crippen molar-refractivity contribution in [1.29, 1.82) is 0 Å². The number of morpholine rings is 1. The van der Waals surface area contributed by atoms with Gasteiger partial charge in [0.25, 0.3) is 0 Å². The predicted molar refractivity (Wildman–Crippen MR) is 98.6 cm³/mol.